The van der Waals surface area contributed by atoms with Crippen molar-refractivity contribution in [1.29, 1.82) is 0 Å². The minimum atomic E-state index is -0.578. The van der Waals surface area contributed by atoms with E-state index in [9.17, 15) is 5.11 Å². The third kappa shape index (κ3) is 1.50. The fourth-order valence-electron chi connectivity index (χ4n) is 2.90. The number of rotatable bonds is 1. The van der Waals surface area contributed by atoms with E-state index in [4.69, 9.17) is 0 Å². The van der Waals surface area contributed by atoms with Gasteiger partial charge in [-0.05, 0) is 40.7 Å². The third-order valence-corrected chi connectivity index (χ3v) is 5.54. The molecule has 2 fully saturated rings. The molecule has 0 spiro atoms. The number of aliphatic hydroxyl groups is 1. The summed E-state index contributed by atoms with van der Waals surface area (Å²) in [4.78, 5) is 2.46. The van der Waals surface area contributed by atoms with Gasteiger partial charge >= 0.3 is 0 Å². The van der Waals surface area contributed by atoms with Crippen molar-refractivity contribution >= 4 is 27.3 Å². The van der Waals surface area contributed by atoms with E-state index in [1.54, 1.807) is 11.3 Å². The molecule has 4 heteroatoms. The Balaban J connectivity index is 1.99. The molecular weight excluding hydrogens is 274 g/mol. The summed E-state index contributed by atoms with van der Waals surface area (Å²) in [6.07, 6.45) is 2.02. The predicted molar refractivity (Wildman–Crippen MR) is 65.1 cm³/mol. The second-order valence-electron chi connectivity index (χ2n) is 4.59. The lowest BCUT2D eigenvalue weighted by Gasteiger charge is -2.38. The molecule has 82 valence electrons. The minimum absolute atomic E-state index is 0.428. The van der Waals surface area contributed by atoms with E-state index in [0.29, 0.717) is 5.92 Å². The molecule has 2 aliphatic rings. The molecule has 3 rings (SSSR count). The molecule has 1 N–H and O–H groups in total. The van der Waals surface area contributed by atoms with Crippen LogP contribution in [0.1, 0.15) is 18.4 Å². The SMILES string of the molecule is OC1(c2cscc2Br)CCN2CCC1C2. The highest BCUT2D eigenvalue weighted by molar-refractivity contribution is 9.10. The first-order valence-electron chi connectivity index (χ1n) is 5.37. The second-order valence-corrected chi connectivity index (χ2v) is 6.19. The quantitative estimate of drug-likeness (QED) is 0.858. The van der Waals surface area contributed by atoms with Crippen LogP contribution in [0.2, 0.25) is 0 Å². The minimum Gasteiger partial charge on any atom is -0.385 e. The van der Waals surface area contributed by atoms with Crippen LogP contribution in [0, 0.1) is 5.92 Å². The molecule has 3 heterocycles. The second kappa shape index (κ2) is 3.55. The number of fused-ring (bicyclic) bond motifs is 2. The van der Waals surface area contributed by atoms with Crippen LogP contribution < -0.4 is 0 Å². The van der Waals surface area contributed by atoms with Gasteiger partial charge in [-0.2, -0.15) is 11.3 Å². The van der Waals surface area contributed by atoms with Crippen molar-refractivity contribution in [2.75, 3.05) is 19.6 Å². The number of nitrogens with zero attached hydrogens (tertiary/aromatic N) is 1. The molecule has 0 saturated carbocycles. The lowest BCUT2D eigenvalue weighted by atomic mass is 9.78. The van der Waals surface area contributed by atoms with E-state index >= 15 is 0 Å². The van der Waals surface area contributed by atoms with Crippen LogP contribution in [0.15, 0.2) is 15.2 Å². The summed E-state index contributed by atoms with van der Waals surface area (Å²) < 4.78 is 1.08. The molecule has 1 aromatic heterocycles. The molecule has 0 amide bonds. The summed E-state index contributed by atoms with van der Waals surface area (Å²) >= 11 is 5.21. The van der Waals surface area contributed by atoms with E-state index in [1.807, 2.05) is 0 Å². The van der Waals surface area contributed by atoms with E-state index in [0.717, 1.165) is 42.5 Å². The first-order chi connectivity index (χ1) is 7.20. The van der Waals surface area contributed by atoms with E-state index in [2.05, 4.69) is 31.6 Å². The van der Waals surface area contributed by atoms with Gasteiger partial charge in [0.1, 0.15) is 0 Å². The van der Waals surface area contributed by atoms with Crippen LogP contribution in [-0.4, -0.2) is 29.6 Å². The predicted octanol–water partition coefficient (Wildman–Crippen LogP) is 2.42. The number of hydrogen-bond acceptors (Lipinski definition) is 3. The van der Waals surface area contributed by atoms with Gasteiger partial charge in [-0.15, -0.1) is 0 Å². The van der Waals surface area contributed by atoms with E-state index in [-0.39, 0.29) is 0 Å². The maximum Gasteiger partial charge on any atom is 0.0968 e. The lowest BCUT2D eigenvalue weighted by Crippen LogP contribution is -2.44. The van der Waals surface area contributed by atoms with Crippen LogP contribution in [-0.2, 0) is 5.60 Å². The Bertz CT molecular complexity index is 380. The first kappa shape index (κ1) is 10.3. The zero-order valence-electron chi connectivity index (χ0n) is 8.45. The maximum atomic E-state index is 10.8. The summed E-state index contributed by atoms with van der Waals surface area (Å²) in [5.74, 6) is 0.428. The molecule has 0 aliphatic carbocycles. The zero-order chi connectivity index (χ0) is 10.5. The van der Waals surface area contributed by atoms with Gasteiger partial charge in [-0.3, -0.25) is 0 Å². The smallest absolute Gasteiger partial charge is 0.0968 e. The fraction of sp³-hybridized carbons (Fsp3) is 0.636. The lowest BCUT2D eigenvalue weighted by molar-refractivity contribution is -0.0504. The Morgan fingerprint density at radius 3 is 3.07 bits per heavy atom. The van der Waals surface area contributed by atoms with Gasteiger partial charge in [0.2, 0.25) is 0 Å². The fourth-order valence-corrected chi connectivity index (χ4v) is 4.62. The molecule has 15 heavy (non-hydrogen) atoms. The number of halogens is 1. The van der Waals surface area contributed by atoms with Gasteiger partial charge in [0.05, 0.1) is 5.60 Å². The number of thiophene rings is 1. The van der Waals surface area contributed by atoms with Crippen LogP contribution in [0.25, 0.3) is 0 Å². The Hall–Kier alpha value is 0.1000. The van der Waals surface area contributed by atoms with Crippen LogP contribution in [0.4, 0.5) is 0 Å². The van der Waals surface area contributed by atoms with Crippen molar-refractivity contribution in [2.24, 2.45) is 5.92 Å². The van der Waals surface area contributed by atoms with Crippen molar-refractivity contribution in [3.05, 3.63) is 20.8 Å². The molecule has 2 aliphatic heterocycles. The summed E-state index contributed by atoms with van der Waals surface area (Å²) in [7, 11) is 0. The number of hydrogen-bond donors (Lipinski definition) is 1. The molecule has 1 aromatic rings. The molecule has 3 unspecified atom stereocenters. The first-order valence-corrected chi connectivity index (χ1v) is 7.10. The highest BCUT2D eigenvalue weighted by Crippen LogP contribution is 2.45. The van der Waals surface area contributed by atoms with Gasteiger partial charge < -0.3 is 10.0 Å². The summed E-state index contributed by atoms with van der Waals surface area (Å²) in [6.45, 7) is 3.27. The average Bonchev–Trinajstić information content (AvgIpc) is 2.81. The molecule has 0 radical (unpaired) electrons. The van der Waals surface area contributed by atoms with Crippen LogP contribution in [0.5, 0.6) is 0 Å². The summed E-state index contributed by atoms with van der Waals surface area (Å²) in [6, 6.07) is 0. The Kier molecular flexibility index (Phi) is 2.43. The molecule has 0 aromatic carbocycles. The Morgan fingerprint density at radius 1 is 1.47 bits per heavy atom. The van der Waals surface area contributed by atoms with Gasteiger partial charge in [0.25, 0.3) is 0 Å². The van der Waals surface area contributed by atoms with Crippen molar-refractivity contribution in [2.45, 2.75) is 18.4 Å². The van der Waals surface area contributed by atoms with Crippen LogP contribution >= 0.6 is 27.3 Å². The molecule has 2 nitrogen and oxygen atoms in total. The standard InChI is InChI=1S/C11H14BrNOS/c12-10-7-15-6-9(10)11(14)2-4-13-3-1-8(11)5-13/h6-8,14H,1-5H2. The van der Waals surface area contributed by atoms with Crippen molar-refractivity contribution < 1.29 is 5.11 Å². The van der Waals surface area contributed by atoms with Gasteiger partial charge in [0, 0.05) is 34.4 Å². The Labute approximate surface area is 102 Å². The third-order valence-electron chi connectivity index (χ3n) is 3.84. The highest BCUT2D eigenvalue weighted by Gasteiger charge is 2.46. The average molecular weight is 288 g/mol. The normalized spacial score (nSPS) is 39.6. The van der Waals surface area contributed by atoms with Crippen molar-refractivity contribution in [1.82, 2.24) is 4.90 Å². The number of piperidine rings is 1. The maximum absolute atomic E-state index is 10.8. The summed E-state index contributed by atoms with van der Waals surface area (Å²) in [5.41, 5.74) is 0.533. The highest BCUT2D eigenvalue weighted by atomic mass is 79.9. The molecule has 2 bridgehead atoms. The summed E-state index contributed by atoms with van der Waals surface area (Å²) in [5, 5.41) is 15.0. The molecule has 2 saturated heterocycles. The van der Waals surface area contributed by atoms with Crippen molar-refractivity contribution in [3.8, 4) is 0 Å². The zero-order valence-corrected chi connectivity index (χ0v) is 10.9. The van der Waals surface area contributed by atoms with Crippen LogP contribution in [0.3, 0.4) is 0 Å². The Morgan fingerprint density at radius 2 is 2.33 bits per heavy atom. The van der Waals surface area contributed by atoms with Crippen molar-refractivity contribution in [3.63, 3.8) is 0 Å². The largest absolute Gasteiger partial charge is 0.385 e. The van der Waals surface area contributed by atoms with Gasteiger partial charge in [-0.25, -0.2) is 0 Å². The van der Waals surface area contributed by atoms with E-state index in [1.165, 1.54) is 0 Å². The molecular formula is C11H14BrNOS. The van der Waals surface area contributed by atoms with E-state index < -0.39 is 5.60 Å². The van der Waals surface area contributed by atoms with Gasteiger partial charge in [0.15, 0.2) is 0 Å². The monoisotopic (exact) mass is 287 g/mol. The molecule has 3 atom stereocenters. The topological polar surface area (TPSA) is 23.5 Å². The van der Waals surface area contributed by atoms with Gasteiger partial charge in [-0.1, -0.05) is 0 Å².